The highest BCUT2D eigenvalue weighted by Gasteiger charge is 2.12. The average Bonchev–Trinajstić information content (AvgIpc) is 2.79. The highest BCUT2D eigenvalue weighted by atomic mass is 32.2. The maximum absolute atomic E-state index is 13.4. The molecule has 0 spiro atoms. The second-order valence-corrected chi connectivity index (χ2v) is 8.12. The van der Waals surface area contributed by atoms with Crippen LogP contribution in [0.2, 0.25) is 0 Å². The predicted molar refractivity (Wildman–Crippen MR) is 118 cm³/mol. The largest absolute Gasteiger partial charge is 0.265 e. The van der Waals surface area contributed by atoms with Crippen molar-refractivity contribution in [3.63, 3.8) is 0 Å². The lowest BCUT2D eigenvalue weighted by atomic mass is 10.0. The van der Waals surface area contributed by atoms with Crippen LogP contribution in [0.3, 0.4) is 0 Å². The summed E-state index contributed by atoms with van der Waals surface area (Å²) in [5.41, 5.74) is 4.74. The summed E-state index contributed by atoms with van der Waals surface area (Å²) >= 11 is 3.33. The molecule has 144 valence electrons. The molecule has 0 aliphatic heterocycles. The molecule has 0 aliphatic carbocycles. The fourth-order valence-electron chi connectivity index (χ4n) is 2.92. The van der Waals surface area contributed by atoms with Crippen molar-refractivity contribution >= 4 is 23.5 Å². The molecule has 0 fully saturated rings. The van der Waals surface area contributed by atoms with E-state index >= 15 is 0 Å². The van der Waals surface area contributed by atoms with Gasteiger partial charge in [-0.1, -0.05) is 36.0 Å². The number of hydrogen-bond donors (Lipinski definition) is 0. The van der Waals surface area contributed by atoms with Crippen LogP contribution in [-0.2, 0) is 5.75 Å². The minimum absolute atomic E-state index is 0.264. The van der Waals surface area contributed by atoms with E-state index in [1.54, 1.807) is 48.1 Å². The fraction of sp³-hybridized carbons (Fsp3) is 0.0870. The van der Waals surface area contributed by atoms with E-state index in [0.717, 1.165) is 28.1 Å². The van der Waals surface area contributed by atoms with Crippen LogP contribution in [0.4, 0.5) is 4.39 Å². The lowest BCUT2D eigenvalue weighted by Gasteiger charge is -2.11. The van der Waals surface area contributed by atoms with Gasteiger partial charge < -0.3 is 0 Å². The highest BCUT2D eigenvalue weighted by molar-refractivity contribution is 7.98. The van der Waals surface area contributed by atoms with E-state index in [0.29, 0.717) is 5.16 Å². The minimum Gasteiger partial charge on any atom is -0.265 e. The molecule has 0 radical (unpaired) electrons. The lowest BCUT2D eigenvalue weighted by molar-refractivity contribution is 0.628. The summed E-state index contributed by atoms with van der Waals surface area (Å²) in [6.45, 7) is 0. The van der Waals surface area contributed by atoms with E-state index in [9.17, 15) is 4.39 Å². The quantitative estimate of drug-likeness (QED) is 0.269. The molecule has 0 aliphatic rings. The average molecular weight is 420 g/mol. The van der Waals surface area contributed by atoms with Gasteiger partial charge in [0.05, 0.1) is 5.69 Å². The maximum Gasteiger partial charge on any atom is 0.188 e. The topological polar surface area (TPSA) is 38.7 Å². The summed E-state index contributed by atoms with van der Waals surface area (Å²) in [7, 11) is 0. The van der Waals surface area contributed by atoms with Crippen LogP contribution in [0.15, 0.2) is 89.3 Å². The second-order valence-electron chi connectivity index (χ2n) is 6.30. The zero-order chi connectivity index (χ0) is 20.1. The van der Waals surface area contributed by atoms with E-state index in [4.69, 9.17) is 4.98 Å². The van der Waals surface area contributed by atoms with Gasteiger partial charge in [-0.2, -0.15) is 0 Å². The van der Waals surface area contributed by atoms with E-state index in [-0.39, 0.29) is 5.82 Å². The van der Waals surface area contributed by atoms with E-state index in [1.165, 1.54) is 22.6 Å². The fourth-order valence-corrected chi connectivity index (χ4v) is 4.16. The van der Waals surface area contributed by atoms with Crippen LogP contribution in [0.1, 0.15) is 5.56 Å². The van der Waals surface area contributed by atoms with E-state index in [1.807, 2.05) is 18.3 Å². The Bertz CT molecular complexity index is 1100. The minimum atomic E-state index is -0.264. The van der Waals surface area contributed by atoms with Gasteiger partial charge in [0.25, 0.3) is 0 Å². The number of thioether (sulfide) groups is 2. The number of rotatable bonds is 6. The Kier molecular flexibility index (Phi) is 6.22. The molecule has 4 rings (SSSR count). The third-order valence-corrected chi connectivity index (χ3v) is 6.04. The molecule has 29 heavy (non-hydrogen) atoms. The second kappa shape index (κ2) is 9.20. The molecule has 2 aromatic carbocycles. The highest BCUT2D eigenvalue weighted by Crippen LogP contribution is 2.32. The molecule has 0 amide bonds. The Labute approximate surface area is 177 Å². The molecule has 2 aromatic heterocycles. The maximum atomic E-state index is 13.4. The Morgan fingerprint density at radius 2 is 1.72 bits per heavy atom. The number of hydrogen-bond acceptors (Lipinski definition) is 5. The Morgan fingerprint density at radius 3 is 2.48 bits per heavy atom. The van der Waals surface area contributed by atoms with E-state index in [2.05, 4.69) is 40.5 Å². The normalized spacial score (nSPS) is 10.8. The van der Waals surface area contributed by atoms with Gasteiger partial charge in [0.2, 0.25) is 0 Å². The smallest absolute Gasteiger partial charge is 0.188 e. The molecule has 4 aromatic rings. The molecule has 0 atom stereocenters. The van der Waals surface area contributed by atoms with Crippen molar-refractivity contribution in [1.82, 2.24) is 15.0 Å². The summed E-state index contributed by atoms with van der Waals surface area (Å²) in [6.07, 6.45) is 7.38. The Hall–Kier alpha value is -2.70. The molecule has 0 saturated carbocycles. The summed E-state index contributed by atoms with van der Waals surface area (Å²) in [5, 5.41) is 0.706. The summed E-state index contributed by atoms with van der Waals surface area (Å²) in [5.74, 6) is 0.528. The first kappa shape index (κ1) is 19.6. The van der Waals surface area contributed by atoms with Gasteiger partial charge >= 0.3 is 0 Å². The van der Waals surface area contributed by atoms with Crippen molar-refractivity contribution in [1.29, 1.82) is 0 Å². The van der Waals surface area contributed by atoms with Gasteiger partial charge in [0, 0.05) is 40.4 Å². The van der Waals surface area contributed by atoms with Gasteiger partial charge in [0.1, 0.15) is 5.82 Å². The van der Waals surface area contributed by atoms with Crippen LogP contribution >= 0.6 is 23.5 Å². The van der Waals surface area contributed by atoms with Crippen molar-refractivity contribution < 1.29 is 4.39 Å². The molecule has 0 saturated heterocycles. The first-order valence-corrected chi connectivity index (χ1v) is 11.2. The molecular formula is C23H18FN3S2. The number of halogens is 1. The standard InChI is InChI=1S/C23H18FN3S2/c1-28-20-4-2-3-16(13-20)15-29-23-26-14-21(17-5-7-19(24)8-6-17)22(27-23)18-9-11-25-12-10-18/h2-14H,15H2,1H3. The Morgan fingerprint density at radius 1 is 0.931 bits per heavy atom. The first-order valence-electron chi connectivity index (χ1n) is 9.02. The zero-order valence-corrected chi connectivity index (χ0v) is 17.4. The molecular weight excluding hydrogens is 401 g/mol. The van der Waals surface area contributed by atoms with Crippen LogP contribution < -0.4 is 0 Å². The molecule has 2 heterocycles. The summed E-state index contributed by atoms with van der Waals surface area (Å²) in [4.78, 5) is 14.7. The molecule has 0 N–H and O–H groups in total. The van der Waals surface area contributed by atoms with Crippen molar-refractivity contribution in [3.05, 3.63) is 90.6 Å². The zero-order valence-electron chi connectivity index (χ0n) is 15.7. The molecule has 6 heteroatoms. The predicted octanol–water partition coefficient (Wildman–Crippen LogP) is 6.36. The summed E-state index contributed by atoms with van der Waals surface area (Å²) < 4.78 is 13.4. The first-order chi connectivity index (χ1) is 14.2. The number of benzene rings is 2. The van der Waals surface area contributed by atoms with Crippen molar-refractivity contribution in [2.24, 2.45) is 0 Å². The molecule has 0 unspecified atom stereocenters. The number of nitrogens with zero attached hydrogens (tertiary/aromatic N) is 3. The monoisotopic (exact) mass is 419 g/mol. The van der Waals surface area contributed by atoms with Crippen molar-refractivity contribution in [2.45, 2.75) is 15.8 Å². The van der Waals surface area contributed by atoms with Crippen LogP contribution in [0.25, 0.3) is 22.4 Å². The lowest BCUT2D eigenvalue weighted by Crippen LogP contribution is -1.95. The van der Waals surface area contributed by atoms with Crippen LogP contribution in [0.5, 0.6) is 0 Å². The van der Waals surface area contributed by atoms with Crippen LogP contribution in [0, 0.1) is 5.82 Å². The number of pyridine rings is 1. The molecule has 3 nitrogen and oxygen atoms in total. The Balaban J connectivity index is 1.67. The van der Waals surface area contributed by atoms with Gasteiger partial charge in [0.15, 0.2) is 5.16 Å². The SMILES string of the molecule is CSc1cccc(CSc2ncc(-c3ccc(F)cc3)c(-c3ccncc3)n2)c1. The molecule has 0 bridgehead atoms. The van der Waals surface area contributed by atoms with Gasteiger partial charge in [-0.25, -0.2) is 14.4 Å². The number of aromatic nitrogens is 3. The van der Waals surface area contributed by atoms with Crippen molar-refractivity contribution in [3.8, 4) is 22.4 Å². The third kappa shape index (κ3) is 4.83. The van der Waals surface area contributed by atoms with E-state index < -0.39 is 0 Å². The van der Waals surface area contributed by atoms with Gasteiger partial charge in [-0.05, 0) is 53.8 Å². The van der Waals surface area contributed by atoms with Crippen molar-refractivity contribution in [2.75, 3.05) is 6.26 Å². The van der Waals surface area contributed by atoms with Gasteiger partial charge in [-0.3, -0.25) is 4.98 Å². The van der Waals surface area contributed by atoms with Crippen LogP contribution in [-0.4, -0.2) is 21.2 Å². The van der Waals surface area contributed by atoms with Gasteiger partial charge in [-0.15, -0.1) is 11.8 Å². The summed E-state index contributed by atoms with van der Waals surface area (Å²) in [6, 6.07) is 18.7. The third-order valence-electron chi connectivity index (χ3n) is 4.38.